The molecule has 2 aromatic rings. The van der Waals surface area contributed by atoms with Crippen molar-refractivity contribution in [3.63, 3.8) is 0 Å². The molecule has 0 aliphatic heterocycles. The maximum Gasteiger partial charge on any atom is 0.407 e. The van der Waals surface area contributed by atoms with Crippen LogP contribution in [0.4, 0.5) is 13.2 Å². The van der Waals surface area contributed by atoms with E-state index in [1.807, 2.05) is 19.9 Å². The number of hydrogen-bond donors (Lipinski definition) is 2. The average Bonchev–Trinajstić information content (AvgIpc) is 2.60. The molecule has 0 saturated carbocycles. The SMILES string of the molecule is CC(C)Oc1cccc(CNC(=O)CNC(c2ccccc2)C(F)(F)F)c1. The molecule has 2 aromatic carbocycles. The molecule has 27 heavy (non-hydrogen) atoms. The zero-order valence-corrected chi connectivity index (χ0v) is 15.2. The van der Waals surface area contributed by atoms with Gasteiger partial charge in [-0.1, -0.05) is 42.5 Å². The first-order valence-corrected chi connectivity index (χ1v) is 8.63. The molecule has 0 spiro atoms. The van der Waals surface area contributed by atoms with E-state index in [9.17, 15) is 18.0 Å². The molecule has 0 bridgehead atoms. The Morgan fingerprint density at radius 3 is 2.41 bits per heavy atom. The summed E-state index contributed by atoms with van der Waals surface area (Å²) in [4.78, 5) is 12.0. The monoisotopic (exact) mass is 380 g/mol. The molecule has 0 aliphatic carbocycles. The summed E-state index contributed by atoms with van der Waals surface area (Å²) in [6.45, 7) is 3.58. The van der Waals surface area contributed by atoms with Gasteiger partial charge in [0.05, 0.1) is 12.6 Å². The highest BCUT2D eigenvalue weighted by atomic mass is 19.4. The maximum absolute atomic E-state index is 13.2. The Kier molecular flexibility index (Phi) is 7.24. The van der Waals surface area contributed by atoms with Crippen LogP contribution in [0.3, 0.4) is 0 Å². The van der Waals surface area contributed by atoms with Gasteiger partial charge in [0.1, 0.15) is 11.8 Å². The lowest BCUT2D eigenvalue weighted by molar-refractivity contribution is -0.158. The number of rotatable bonds is 8. The van der Waals surface area contributed by atoms with Crippen molar-refractivity contribution in [1.29, 1.82) is 0 Å². The topological polar surface area (TPSA) is 50.4 Å². The summed E-state index contributed by atoms with van der Waals surface area (Å²) < 4.78 is 45.3. The molecule has 1 unspecified atom stereocenters. The Hall–Kier alpha value is -2.54. The minimum Gasteiger partial charge on any atom is -0.491 e. The molecule has 0 saturated heterocycles. The van der Waals surface area contributed by atoms with E-state index in [0.29, 0.717) is 5.75 Å². The van der Waals surface area contributed by atoms with Crippen molar-refractivity contribution in [2.24, 2.45) is 0 Å². The molecule has 0 aromatic heterocycles. The van der Waals surface area contributed by atoms with Crippen LogP contribution in [0.15, 0.2) is 54.6 Å². The molecule has 2 N–H and O–H groups in total. The number of amides is 1. The van der Waals surface area contributed by atoms with E-state index in [2.05, 4.69) is 10.6 Å². The zero-order chi connectivity index (χ0) is 19.9. The number of carbonyl (C=O) groups excluding carboxylic acids is 1. The van der Waals surface area contributed by atoms with Gasteiger partial charge in [0.15, 0.2) is 0 Å². The summed E-state index contributed by atoms with van der Waals surface area (Å²) >= 11 is 0. The number of halogens is 3. The molecule has 1 atom stereocenters. The van der Waals surface area contributed by atoms with Gasteiger partial charge < -0.3 is 10.1 Å². The number of alkyl halides is 3. The van der Waals surface area contributed by atoms with Crippen LogP contribution in [0.5, 0.6) is 5.75 Å². The third-order valence-corrected chi connectivity index (χ3v) is 3.69. The van der Waals surface area contributed by atoms with Gasteiger partial charge in [-0.2, -0.15) is 13.2 Å². The molecule has 2 rings (SSSR count). The number of carbonyl (C=O) groups is 1. The van der Waals surface area contributed by atoms with Gasteiger partial charge in [-0.05, 0) is 37.1 Å². The Bertz CT molecular complexity index is 734. The van der Waals surface area contributed by atoms with Crippen LogP contribution in [0, 0.1) is 0 Å². The van der Waals surface area contributed by atoms with Gasteiger partial charge >= 0.3 is 6.18 Å². The minimum absolute atomic E-state index is 0.0244. The van der Waals surface area contributed by atoms with E-state index in [4.69, 9.17) is 4.74 Å². The molecular formula is C20H23F3N2O2. The predicted molar refractivity (Wildman–Crippen MR) is 97.3 cm³/mol. The van der Waals surface area contributed by atoms with Gasteiger partial charge in [0.25, 0.3) is 0 Å². The Morgan fingerprint density at radius 1 is 1.07 bits per heavy atom. The van der Waals surface area contributed by atoms with Gasteiger partial charge in [0, 0.05) is 6.54 Å². The van der Waals surface area contributed by atoms with Crippen LogP contribution in [0.2, 0.25) is 0 Å². The van der Waals surface area contributed by atoms with Gasteiger partial charge in [-0.15, -0.1) is 0 Å². The van der Waals surface area contributed by atoms with Crippen LogP contribution >= 0.6 is 0 Å². The van der Waals surface area contributed by atoms with Crippen molar-refractivity contribution in [2.45, 2.75) is 38.7 Å². The third kappa shape index (κ3) is 6.94. The molecular weight excluding hydrogens is 357 g/mol. The summed E-state index contributed by atoms with van der Waals surface area (Å²) in [5, 5.41) is 4.90. The molecule has 0 fully saturated rings. The quantitative estimate of drug-likeness (QED) is 0.728. The van der Waals surface area contributed by atoms with Crippen LogP contribution in [0.1, 0.15) is 31.0 Å². The molecule has 0 radical (unpaired) electrons. The first kappa shape index (κ1) is 20.8. The van der Waals surface area contributed by atoms with E-state index in [0.717, 1.165) is 5.56 Å². The summed E-state index contributed by atoms with van der Waals surface area (Å²) in [5.74, 6) is 0.159. The van der Waals surface area contributed by atoms with Crippen LogP contribution in [-0.4, -0.2) is 24.7 Å². The standard InChI is InChI=1S/C20H23F3N2O2/c1-14(2)27-17-10-6-7-15(11-17)12-24-18(26)13-25-19(20(21,22)23)16-8-4-3-5-9-16/h3-11,14,19,25H,12-13H2,1-2H3,(H,24,26). The highest BCUT2D eigenvalue weighted by molar-refractivity contribution is 5.78. The highest BCUT2D eigenvalue weighted by Crippen LogP contribution is 2.32. The normalized spacial score (nSPS) is 12.7. The zero-order valence-electron chi connectivity index (χ0n) is 15.2. The van der Waals surface area contributed by atoms with E-state index in [1.54, 1.807) is 24.3 Å². The van der Waals surface area contributed by atoms with Crippen LogP contribution < -0.4 is 15.4 Å². The molecule has 1 amide bonds. The summed E-state index contributed by atoms with van der Waals surface area (Å²) in [6.07, 6.45) is -4.47. The smallest absolute Gasteiger partial charge is 0.407 e. The number of ether oxygens (including phenoxy) is 1. The fraction of sp³-hybridized carbons (Fsp3) is 0.350. The van der Waals surface area contributed by atoms with Crippen molar-refractivity contribution >= 4 is 5.91 Å². The van der Waals surface area contributed by atoms with Crippen LogP contribution in [-0.2, 0) is 11.3 Å². The second kappa shape index (κ2) is 9.41. The first-order valence-electron chi connectivity index (χ1n) is 8.63. The Morgan fingerprint density at radius 2 is 1.78 bits per heavy atom. The van der Waals surface area contributed by atoms with Crippen molar-refractivity contribution in [1.82, 2.24) is 10.6 Å². The molecule has 0 aliphatic rings. The fourth-order valence-electron chi connectivity index (χ4n) is 2.53. The van der Waals surface area contributed by atoms with E-state index in [1.165, 1.54) is 24.3 Å². The lowest BCUT2D eigenvalue weighted by Crippen LogP contribution is -2.40. The van der Waals surface area contributed by atoms with E-state index < -0.39 is 24.7 Å². The summed E-state index contributed by atoms with van der Waals surface area (Å²) in [6, 6.07) is 12.8. The predicted octanol–water partition coefficient (Wildman–Crippen LogP) is 3.98. The maximum atomic E-state index is 13.2. The lowest BCUT2D eigenvalue weighted by Gasteiger charge is -2.22. The highest BCUT2D eigenvalue weighted by Gasteiger charge is 2.40. The summed E-state index contributed by atoms with van der Waals surface area (Å²) in [5.41, 5.74) is 0.869. The van der Waals surface area contributed by atoms with Crippen LogP contribution in [0.25, 0.3) is 0 Å². The van der Waals surface area contributed by atoms with E-state index >= 15 is 0 Å². The molecule has 146 valence electrons. The van der Waals surface area contributed by atoms with Crippen molar-refractivity contribution in [3.05, 3.63) is 65.7 Å². The fourth-order valence-corrected chi connectivity index (χ4v) is 2.53. The van der Waals surface area contributed by atoms with E-state index in [-0.39, 0.29) is 18.2 Å². The molecule has 0 heterocycles. The second-order valence-corrected chi connectivity index (χ2v) is 6.36. The van der Waals surface area contributed by atoms with Gasteiger partial charge in [0.2, 0.25) is 5.91 Å². The minimum atomic E-state index is -4.50. The second-order valence-electron chi connectivity index (χ2n) is 6.36. The molecule has 7 heteroatoms. The largest absolute Gasteiger partial charge is 0.491 e. The lowest BCUT2D eigenvalue weighted by atomic mass is 10.1. The number of hydrogen-bond acceptors (Lipinski definition) is 3. The first-order chi connectivity index (χ1) is 12.8. The Labute approximate surface area is 156 Å². The van der Waals surface area contributed by atoms with Crippen molar-refractivity contribution in [2.75, 3.05) is 6.54 Å². The average molecular weight is 380 g/mol. The number of benzene rings is 2. The molecule has 4 nitrogen and oxygen atoms in total. The van der Waals surface area contributed by atoms with Crippen molar-refractivity contribution < 1.29 is 22.7 Å². The number of nitrogens with one attached hydrogen (secondary N) is 2. The van der Waals surface area contributed by atoms with Gasteiger partial charge in [-0.3, -0.25) is 10.1 Å². The third-order valence-electron chi connectivity index (χ3n) is 3.69. The van der Waals surface area contributed by atoms with Crippen molar-refractivity contribution in [3.8, 4) is 5.75 Å². The van der Waals surface area contributed by atoms with Gasteiger partial charge in [-0.25, -0.2) is 0 Å². The summed E-state index contributed by atoms with van der Waals surface area (Å²) in [7, 11) is 0. The Balaban J connectivity index is 1.89.